The number of thioether (sulfide) groups is 1. The van der Waals surface area contributed by atoms with Gasteiger partial charge in [0.15, 0.2) is 17.3 Å². The average Bonchev–Trinajstić information content (AvgIpc) is 3.71. The third kappa shape index (κ3) is 6.33. The molecular formula is C36H32ClF3N10O5S. The van der Waals surface area contributed by atoms with Gasteiger partial charge >= 0.3 is 6.18 Å². The lowest BCUT2D eigenvalue weighted by molar-refractivity contribution is -0.137. The van der Waals surface area contributed by atoms with Crippen LogP contribution in [0.4, 0.5) is 18.9 Å². The zero-order valence-electron chi connectivity index (χ0n) is 29.7. The molecule has 0 bridgehead atoms. The van der Waals surface area contributed by atoms with Crippen molar-refractivity contribution < 1.29 is 32.7 Å². The van der Waals surface area contributed by atoms with Crippen molar-refractivity contribution >= 4 is 58.1 Å². The number of carbonyl (C=O) groups excluding carboxylic acids is 3. The summed E-state index contributed by atoms with van der Waals surface area (Å²) >= 11 is 7.65. The molecule has 4 aliphatic rings. The van der Waals surface area contributed by atoms with Crippen LogP contribution in [0.2, 0.25) is 5.02 Å². The van der Waals surface area contributed by atoms with Crippen molar-refractivity contribution in [1.82, 2.24) is 38.9 Å². The molecule has 56 heavy (non-hydrogen) atoms. The number of rotatable bonds is 6. The number of hydrogen-bond acceptors (Lipinski definition) is 11. The minimum absolute atomic E-state index is 0.0378. The Hall–Kier alpha value is -5.48. The van der Waals surface area contributed by atoms with Gasteiger partial charge in [-0.2, -0.15) is 27.9 Å². The van der Waals surface area contributed by atoms with Crippen LogP contribution in [-0.4, -0.2) is 87.9 Å². The van der Waals surface area contributed by atoms with Gasteiger partial charge in [0.2, 0.25) is 17.6 Å². The number of aromatic hydroxyl groups is 1. The Kier molecular flexibility index (Phi) is 9.11. The van der Waals surface area contributed by atoms with E-state index in [0.717, 1.165) is 22.7 Å². The number of anilines is 1. The lowest BCUT2D eigenvalue weighted by Gasteiger charge is -2.38. The second kappa shape index (κ2) is 13.6. The van der Waals surface area contributed by atoms with E-state index < -0.39 is 45.8 Å². The minimum Gasteiger partial charge on any atom is -0.504 e. The lowest BCUT2D eigenvalue weighted by atomic mass is 9.88. The summed E-state index contributed by atoms with van der Waals surface area (Å²) in [5.41, 5.74) is -0.679. The molecule has 6 heterocycles. The Bertz CT molecular complexity index is 2480. The van der Waals surface area contributed by atoms with Crippen LogP contribution in [0, 0.1) is 23.7 Å². The molecule has 1 aromatic carbocycles. The number of halogens is 4. The van der Waals surface area contributed by atoms with E-state index in [0.29, 0.717) is 61.2 Å². The molecule has 2 N–H and O–H groups in total. The fourth-order valence-corrected chi connectivity index (χ4v) is 9.27. The van der Waals surface area contributed by atoms with E-state index in [1.54, 1.807) is 27.4 Å². The van der Waals surface area contributed by atoms with Crippen molar-refractivity contribution in [3.05, 3.63) is 80.0 Å². The third-order valence-corrected chi connectivity index (χ3v) is 12.8. The molecule has 3 aliphatic heterocycles. The number of benzene rings is 1. The number of aromatic nitrogens is 6. The Morgan fingerprint density at radius 1 is 1.11 bits per heavy atom. The average molecular weight is 809 g/mol. The van der Waals surface area contributed by atoms with Crippen LogP contribution in [0.1, 0.15) is 70.9 Å². The van der Waals surface area contributed by atoms with E-state index in [4.69, 9.17) is 16.6 Å². The first kappa shape index (κ1) is 37.4. The molecular weight excluding hydrogens is 777 g/mol. The van der Waals surface area contributed by atoms with Crippen molar-refractivity contribution in [1.29, 1.82) is 5.26 Å². The Labute approximate surface area is 325 Å². The molecule has 1 saturated carbocycles. The highest BCUT2D eigenvalue weighted by Crippen LogP contribution is 2.52. The number of nitrogens with one attached hydrogen (secondary N) is 1. The second-order valence-corrected chi connectivity index (χ2v) is 16.0. The number of fused-ring (bicyclic) bond motifs is 3. The summed E-state index contributed by atoms with van der Waals surface area (Å²) < 4.78 is 41.8. The second-order valence-electron chi connectivity index (χ2n) is 14.3. The summed E-state index contributed by atoms with van der Waals surface area (Å²) in [4.78, 5) is 70.3. The standard InChI is InChI=1S/C36H32ClF3N10O5S/c1-19-28(52)27(43-18-42-19)31(54)47-12-8-35(9-13-47)26-24(16-56-35)49(15-25(51)44-23-3-2-21(14-22(23)37)36(38,39)40)33-45-29(46-50(33)30(26)53)20-4-10-48(11-5-20)32(55)34(17-41)6-7-34/h2-4,14,18,52H,5-13,15-16H2,1H3,(H,44,51). The van der Waals surface area contributed by atoms with E-state index in [9.17, 15) is 42.7 Å². The first-order valence-corrected chi connectivity index (χ1v) is 19.0. The van der Waals surface area contributed by atoms with E-state index in [1.165, 1.54) is 18.1 Å². The molecule has 4 aromatic rings. The molecule has 8 rings (SSSR count). The Balaban J connectivity index is 1.13. The van der Waals surface area contributed by atoms with Gasteiger partial charge in [0.25, 0.3) is 11.5 Å². The van der Waals surface area contributed by atoms with Gasteiger partial charge in [-0.25, -0.2) is 9.97 Å². The fourth-order valence-electron chi connectivity index (χ4n) is 7.51. The zero-order chi connectivity index (χ0) is 39.7. The van der Waals surface area contributed by atoms with E-state index in [2.05, 4.69) is 26.5 Å². The number of alkyl halides is 3. The monoisotopic (exact) mass is 808 g/mol. The van der Waals surface area contributed by atoms with Crippen LogP contribution in [0.5, 0.6) is 5.75 Å². The quantitative estimate of drug-likeness (QED) is 0.282. The van der Waals surface area contributed by atoms with E-state index in [-0.39, 0.29) is 65.0 Å². The molecule has 1 spiro atoms. The smallest absolute Gasteiger partial charge is 0.416 e. The predicted octanol–water partition coefficient (Wildman–Crippen LogP) is 4.30. The summed E-state index contributed by atoms with van der Waals surface area (Å²) in [5.74, 6) is -1.04. The van der Waals surface area contributed by atoms with Crippen LogP contribution in [0.3, 0.4) is 0 Å². The zero-order valence-corrected chi connectivity index (χ0v) is 31.3. The SMILES string of the molecule is Cc1ncnc(C(=O)N2CCC3(CC2)SCc2c3c(=O)n3nc(C4=CCN(C(=O)C5(C#N)CC5)CC4)nc3n2CC(=O)Nc2ccc(C(F)(F)F)cc2Cl)c1O. The molecule has 20 heteroatoms. The predicted molar refractivity (Wildman–Crippen MR) is 195 cm³/mol. The molecule has 1 saturated heterocycles. The van der Waals surface area contributed by atoms with Gasteiger partial charge in [-0.15, -0.1) is 16.9 Å². The summed E-state index contributed by atoms with van der Waals surface area (Å²) in [6.45, 7) is 2.18. The Morgan fingerprint density at radius 3 is 2.50 bits per heavy atom. The maximum absolute atomic E-state index is 14.5. The number of hydrogen-bond donors (Lipinski definition) is 2. The van der Waals surface area contributed by atoms with E-state index in [1.807, 2.05) is 0 Å². The van der Waals surface area contributed by atoms with Crippen molar-refractivity contribution in [3.8, 4) is 11.8 Å². The van der Waals surface area contributed by atoms with Gasteiger partial charge in [-0.3, -0.25) is 19.2 Å². The summed E-state index contributed by atoms with van der Waals surface area (Å²) in [6.07, 6.45) is 0.478. The number of carbonyl (C=O) groups is 3. The summed E-state index contributed by atoms with van der Waals surface area (Å²) in [6, 6.07) is 4.73. The van der Waals surface area contributed by atoms with Crippen LogP contribution in [0.15, 0.2) is 35.4 Å². The Morgan fingerprint density at radius 2 is 1.86 bits per heavy atom. The van der Waals surface area contributed by atoms with Crippen LogP contribution >= 0.6 is 23.4 Å². The minimum atomic E-state index is -4.63. The van der Waals surface area contributed by atoms with Gasteiger partial charge < -0.3 is 24.8 Å². The van der Waals surface area contributed by atoms with Crippen LogP contribution in [-0.2, 0) is 32.8 Å². The molecule has 0 unspecified atom stereocenters. The van der Waals surface area contributed by atoms with Gasteiger partial charge in [0.05, 0.1) is 38.3 Å². The topological polar surface area (TPSA) is 192 Å². The molecule has 1 aliphatic carbocycles. The van der Waals surface area contributed by atoms with Gasteiger partial charge in [-0.05, 0) is 62.8 Å². The highest BCUT2D eigenvalue weighted by Gasteiger charge is 2.53. The highest BCUT2D eigenvalue weighted by molar-refractivity contribution is 7.99. The van der Waals surface area contributed by atoms with Crippen molar-refractivity contribution in [3.63, 3.8) is 0 Å². The molecule has 15 nitrogen and oxygen atoms in total. The number of nitriles is 1. The fraction of sp³-hybridized carbons (Fsp3) is 0.417. The molecule has 290 valence electrons. The molecule has 2 fully saturated rings. The van der Waals surface area contributed by atoms with Crippen LogP contribution in [0.25, 0.3) is 11.4 Å². The van der Waals surface area contributed by atoms with Crippen LogP contribution < -0.4 is 10.9 Å². The highest BCUT2D eigenvalue weighted by atomic mass is 35.5. The maximum atomic E-state index is 14.5. The van der Waals surface area contributed by atoms with Crippen molar-refractivity contribution in [2.24, 2.45) is 5.41 Å². The first-order chi connectivity index (χ1) is 26.6. The third-order valence-electron chi connectivity index (χ3n) is 10.9. The molecule has 3 aromatic heterocycles. The van der Waals surface area contributed by atoms with Crippen molar-refractivity contribution in [2.45, 2.75) is 62.2 Å². The van der Waals surface area contributed by atoms with Crippen molar-refractivity contribution in [2.75, 3.05) is 31.5 Å². The number of nitrogens with zero attached hydrogens (tertiary/aromatic N) is 9. The van der Waals surface area contributed by atoms with Gasteiger partial charge in [-0.1, -0.05) is 17.7 Å². The number of likely N-dealkylation sites (tertiary alicyclic amines) is 1. The lowest BCUT2D eigenvalue weighted by Crippen LogP contribution is -2.45. The van der Waals surface area contributed by atoms with Gasteiger partial charge in [0.1, 0.15) is 18.3 Å². The number of aryl methyl sites for hydroxylation is 1. The summed E-state index contributed by atoms with van der Waals surface area (Å²) in [7, 11) is 0. The molecule has 0 radical (unpaired) electrons. The number of piperidine rings is 1. The molecule has 3 amide bonds. The first-order valence-electron chi connectivity index (χ1n) is 17.7. The molecule has 0 atom stereocenters. The maximum Gasteiger partial charge on any atom is 0.416 e. The largest absolute Gasteiger partial charge is 0.504 e. The van der Waals surface area contributed by atoms with E-state index >= 15 is 0 Å². The van der Waals surface area contributed by atoms with Gasteiger partial charge in [0, 0.05) is 37.6 Å². The summed E-state index contributed by atoms with van der Waals surface area (Å²) in [5, 5.41) is 26.8. The normalized spacial score (nSPS) is 18.4. The number of amides is 3.